The van der Waals surface area contributed by atoms with E-state index in [1.54, 1.807) is 0 Å². The number of nitriles is 1. The van der Waals surface area contributed by atoms with Crippen LogP contribution in [0.15, 0.2) is 0 Å². The fourth-order valence-corrected chi connectivity index (χ4v) is 4.32. The molecule has 130 valence electrons. The quantitative estimate of drug-likeness (QED) is 0.779. The summed E-state index contributed by atoms with van der Waals surface area (Å²) in [5, 5.41) is 12.7. The van der Waals surface area contributed by atoms with Crippen molar-refractivity contribution in [2.45, 2.75) is 89.6 Å². The Morgan fingerprint density at radius 2 is 2.00 bits per heavy atom. The van der Waals surface area contributed by atoms with E-state index in [-0.39, 0.29) is 5.91 Å². The Morgan fingerprint density at radius 1 is 1.30 bits per heavy atom. The second kappa shape index (κ2) is 8.68. The van der Waals surface area contributed by atoms with Crippen molar-refractivity contribution in [2.24, 2.45) is 5.92 Å². The van der Waals surface area contributed by atoms with E-state index in [0.717, 1.165) is 38.1 Å². The van der Waals surface area contributed by atoms with Gasteiger partial charge in [0.1, 0.15) is 5.54 Å². The average Bonchev–Trinajstić information content (AvgIpc) is 2.99. The number of amides is 1. The minimum Gasteiger partial charge on any atom is -0.337 e. The molecule has 1 saturated heterocycles. The van der Waals surface area contributed by atoms with E-state index < -0.39 is 5.54 Å². The molecule has 0 aromatic carbocycles. The predicted molar refractivity (Wildman–Crippen MR) is 92.9 cm³/mol. The number of likely N-dealkylation sites (tertiary alicyclic amines) is 1. The summed E-state index contributed by atoms with van der Waals surface area (Å²) in [7, 11) is 0. The van der Waals surface area contributed by atoms with Crippen LogP contribution in [-0.4, -0.2) is 35.5 Å². The first-order valence-electron chi connectivity index (χ1n) is 9.58. The SMILES string of the molecule is CCC(CC)N1CCC(C#N)(NC(=O)CCC2CCCCC2)C1. The Bertz CT molecular complexity index is 421. The Morgan fingerprint density at radius 3 is 2.61 bits per heavy atom. The maximum atomic E-state index is 12.3. The summed E-state index contributed by atoms with van der Waals surface area (Å²) in [6.07, 6.45) is 11.1. The molecule has 1 atom stereocenters. The van der Waals surface area contributed by atoms with Gasteiger partial charge in [0.05, 0.1) is 6.07 Å². The summed E-state index contributed by atoms with van der Waals surface area (Å²) >= 11 is 0. The van der Waals surface area contributed by atoms with Gasteiger partial charge in [0.2, 0.25) is 5.91 Å². The smallest absolute Gasteiger partial charge is 0.221 e. The fourth-order valence-electron chi connectivity index (χ4n) is 4.32. The van der Waals surface area contributed by atoms with E-state index >= 15 is 0 Å². The van der Waals surface area contributed by atoms with Crippen LogP contribution in [0.5, 0.6) is 0 Å². The zero-order chi connectivity index (χ0) is 16.7. The van der Waals surface area contributed by atoms with Crippen molar-refractivity contribution < 1.29 is 4.79 Å². The van der Waals surface area contributed by atoms with Crippen LogP contribution in [0.1, 0.15) is 78.1 Å². The number of nitrogens with one attached hydrogen (secondary N) is 1. The van der Waals surface area contributed by atoms with Gasteiger partial charge in [0, 0.05) is 25.6 Å². The lowest BCUT2D eigenvalue weighted by Gasteiger charge is -2.28. The maximum Gasteiger partial charge on any atom is 0.221 e. The summed E-state index contributed by atoms with van der Waals surface area (Å²) in [5.74, 6) is 0.792. The van der Waals surface area contributed by atoms with Crippen molar-refractivity contribution >= 4 is 5.91 Å². The van der Waals surface area contributed by atoms with E-state index in [9.17, 15) is 10.1 Å². The molecule has 2 fully saturated rings. The van der Waals surface area contributed by atoms with Crippen LogP contribution < -0.4 is 5.32 Å². The van der Waals surface area contributed by atoms with Gasteiger partial charge in [-0.2, -0.15) is 5.26 Å². The minimum absolute atomic E-state index is 0.0727. The molecule has 1 heterocycles. The largest absolute Gasteiger partial charge is 0.337 e. The molecule has 2 rings (SSSR count). The van der Waals surface area contributed by atoms with Gasteiger partial charge in [-0.15, -0.1) is 0 Å². The van der Waals surface area contributed by atoms with Crippen molar-refractivity contribution in [1.29, 1.82) is 5.26 Å². The lowest BCUT2D eigenvalue weighted by atomic mass is 9.86. The van der Waals surface area contributed by atoms with Crippen LogP contribution in [0.3, 0.4) is 0 Å². The maximum absolute atomic E-state index is 12.3. The average molecular weight is 319 g/mol. The summed E-state index contributed by atoms with van der Waals surface area (Å²) in [5.41, 5.74) is -0.660. The molecule has 1 unspecified atom stereocenters. The second-order valence-electron chi connectivity index (χ2n) is 7.48. The highest BCUT2D eigenvalue weighted by Gasteiger charge is 2.41. The molecular weight excluding hydrogens is 286 g/mol. The summed E-state index contributed by atoms with van der Waals surface area (Å²) in [6.45, 7) is 6.00. The van der Waals surface area contributed by atoms with Gasteiger partial charge in [-0.3, -0.25) is 9.69 Å². The van der Waals surface area contributed by atoms with Gasteiger partial charge in [0.25, 0.3) is 0 Å². The molecule has 0 radical (unpaired) electrons. The number of rotatable bonds is 7. The molecule has 4 heteroatoms. The highest BCUT2D eigenvalue weighted by Crippen LogP contribution is 2.28. The molecule has 0 aromatic heterocycles. The van der Waals surface area contributed by atoms with E-state index in [1.165, 1.54) is 32.1 Å². The zero-order valence-electron chi connectivity index (χ0n) is 14.9. The Balaban J connectivity index is 1.81. The monoisotopic (exact) mass is 319 g/mol. The predicted octanol–water partition coefficient (Wildman–Crippen LogP) is 3.62. The molecule has 1 aliphatic heterocycles. The highest BCUT2D eigenvalue weighted by atomic mass is 16.1. The minimum atomic E-state index is -0.660. The third kappa shape index (κ3) is 4.94. The zero-order valence-corrected chi connectivity index (χ0v) is 14.9. The van der Waals surface area contributed by atoms with Crippen LogP contribution in [0.25, 0.3) is 0 Å². The molecule has 0 bridgehead atoms. The first-order valence-corrected chi connectivity index (χ1v) is 9.58. The number of hydrogen-bond donors (Lipinski definition) is 1. The summed E-state index contributed by atoms with van der Waals surface area (Å²) in [6, 6.07) is 2.94. The lowest BCUT2D eigenvalue weighted by molar-refractivity contribution is -0.122. The molecule has 0 aromatic rings. The van der Waals surface area contributed by atoms with Crippen molar-refractivity contribution in [3.63, 3.8) is 0 Å². The Hall–Kier alpha value is -1.08. The second-order valence-corrected chi connectivity index (χ2v) is 7.48. The number of carbonyl (C=O) groups is 1. The van der Waals surface area contributed by atoms with Crippen LogP contribution in [-0.2, 0) is 4.79 Å². The van der Waals surface area contributed by atoms with E-state index in [4.69, 9.17) is 0 Å². The van der Waals surface area contributed by atoms with Gasteiger partial charge < -0.3 is 5.32 Å². The Labute approximate surface area is 141 Å². The third-order valence-electron chi connectivity index (χ3n) is 5.85. The summed E-state index contributed by atoms with van der Waals surface area (Å²) < 4.78 is 0. The van der Waals surface area contributed by atoms with Crippen LogP contribution >= 0.6 is 0 Å². The first-order chi connectivity index (χ1) is 11.1. The van der Waals surface area contributed by atoms with Gasteiger partial charge in [-0.25, -0.2) is 0 Å². The van der Waals surface area contributed by atoms with E-state index in [2.05, 4.69) is 30.1 Å². The van der Waals surface area contributed by atoms with Crippen LogP contribution in [0.4, 0.5) is 0 Å². The molecule has 0 spiro atoms. The van der Waals surface area contributed by atoms with E-state index in [0.29, 0.717) is 19.0 Å². The molecular formula is C19H33N3O. The molecule has 1 saturated carbocycles. The van der Waals surface area contributed by atoms with Crippen LogP contribution in [0, 0.1) is 17.2 Å². The number of hydrogen-bond acceptors (Lipinski definition) is 3. The topological polar surface area (TPSA) is 56.1 Å². The third-order valence-corrected chi connectivity index (χ3v) is 5.85. The highest BCUT2D eigenvalue weighted by molar-refractivity contribution is 5.77. The van der Waals surface area contributed by atoms with Gasteiger partial charge in [-0.1, -0.05) is 46.0 Å². The standard InChI is InChI=1S/C19H33N3O/c1-3-17(4-2)22-13-12-19(14-20,15-22)21-18(23)11-10-16-8-6-5-7-9-16/h16-17H,3-13,15H2,1-2H3,(H,21,23). The van der Waals surface area contributed by atoms with E-state index in [1.807, 2.05) is 0 Å². The Kier molecular flexibility index (Phi) is 6.89. The van der Waals surface area contributed by atoms with Crippen LogP contribution in [0.2, 0.25) is 0 Å². The fraction of sp³-hybridized carbons (Fsp3) is 0.895. The molecule has 1 aliphatic carbocycles. The molecule has 2 aliphatic rings. The van der Waals surface area contributed by atoms with Gasteiger partial charge in [-0.05, 0) is 31.6 Å². The normalized spacial score (nSPS) is 26.3. The molecule has 1 amide bonds. The molecule has 1 N–H and O–H groups in total. The van der Waals surface area contributed by atoms with Gasteiger partial charge in [0.15, 0.2) is 0 Å². The number of nitrogens with zero attached hydrogens (tertiary/aromatic N) is 2. The molecule has 23 heavy (non-hydrogen) atoms. The lowest BCUT2D eigenvalue weighted by Crippen LogP contribution is -2.50. The first kappa shape index (κ1) is 18.3. The summed E-state index contributed by atoms with van der Waals surface area (Å²) in [4.78, 5) is 14.7. The number of carbonyl (C=O) groups excluding carboxylic acids is 1. The van der Waals surface area contributed by atoms with Gasteiger partial charge >= 0.3 is 0 Å². The van der Waals surface area contributed by atoms with Crippen molar-refractivity contribution in [3.8, 4) is 6.07 Å². The van der Waals surface area contributed by atoms with Crippen molar-refractivity contribution in [3.05, 3.63) is 0 Å². The van der Waals surface area contributed by atoms with Crippen molar-refractivity contribution in [1.82, 2.24) is 10.2 Å². The molecule has 4 nitrogen and oxygen atoms in total. The van der Waals surface area contributed by atoms with Crippen molar-refractivity contribution in [2.75, 3.05) is 13.1 Å².